The van der Waals surface area contributed by atoms with Crippen molar-refractivity contribution in [2.45, 2.75) is 56.7 Å². The van der Waals surface area contributed by atoms with Gasteiger partial charge in [-0.2, -0.15) is 0 Å². The standard InChI is InChI=1S/C18H28N2O/c21-13-18(14-7-2-1-3-8-14)20-17-11-6-9-15(17)16-10-4-5-12-19-16/h1-3,7-8,15-21H,4-6,9-13H2/t15?,16?,17?,18-/m0/s1. The molecule has 3 N–H and O–H groups in total. The minimum absolute atomic E-state index is 0.0698. The van der Waals surface area contributed by atoms with Crippen molar-refractivity contribution in [1.29, 1.82) is 0 Å². The summed E-state index contributed by atoms with van der Waals surface area (Å²) in [5.74, 6) is 0.725. The van der Waals surface area contributed by atoms with Gasteiger partial charge in [0.25, 0.3) is 0 Å². The van der Waals surface area contributed by atoms with E-state index in [-0.39, 0.29) is 12.6 Å². The molecule has 3 nitrogen and oxygen atoms in total. The Bertz CT molecular complexity index is 416. The van der Waals surface area contributed by atoms with Crippen molar-refractivity contribution >= 4 is 0 Å². The molecule has 21 heavy (non-hydrogen) atoms. The van der Waals surface area contributed by atoms with E-state index in [0.717, 1.165) is 5.92 Å². The van der Waals surface area contributed by atoms with Crippen molar-refractivity contribution in [3.8, 4) is 0 Å². The van der Waals surface area contributed by atoms with Crippen LogP contribution in [0, 0.1) is 5.92 Å². The van der Waals surface area contributed by atoms with Crippen LogP contribution in [0.15, 0.2) is 30.3 Å². The average molecular weight is 288 g/mol. The molecule has 1 aromatic rings. The van der Waals surface area contributed by atoms with E-state index in [1.165, 1.54) is 50.6 Å². The molecule has 0 amide bonds. The molecule has 2 fully saturated rings. The Labute approximate surface area is 128 Å². The average Bonchev–Trinajstić information content (AvgIpc) is 3.02. The first-order valence-electron chi connectivity index (χ1n) is 8.53. The van der Waals surface area contributed by atoms with Crippen molar-refractivity contribution in [1.82, 2.24) is 10.6 Å². The van der Waals surface area contributed by atoms with Crippen LogP contribution >= 0.6 is 0 Å². The van der Waals surface area contributed by atoms with E-state index in [9.17, 15) is 5.11 Å². The molecule has 3 heteroatoms. The molecule has 0 aromatic heterocycles. The van der Waals surface area contributed by atoms with Crippen molar-refractivity contribution < 1.29 is 5.11 Å². The fraction of sp³-hybridized carbons (Fsp3) is 0.667. The van der Waals surface area contributed by atoms with Gasteiger partial charge in [-0.3, -0.25) is 0 Å². The van der Waals surface area contributed by atoms with Crippen LogP contribution in [0.25, 0.3) is 0 Å². The third-order valence-corrected chi connectivity index (χ3v) is 5.23. The Morgan fingerprint density at radius 1 is 1.10 bits per heavy atom. The highest BCUT2D eigenvalue weighted by atomic mass is 16.3. The molecule has 1 heterocycles. The van der Waals surface area contributed by atoms with Crippen molar-refractivity contribution in [2.24, 2.45) is 5.92 Å². The van der Waals surface area contributed by atoms with Gasteiger partial charge in [0.1, 0.15) is 0 Å². The van der Waals surface area contributed by atoms with Crippen LogP contribution in [-0.4, -0.2) is 30.3 Å². The van der Waals surface area contributed by atoms with Gasteiger partial charge in [0.05, 0.1) is 12.6 Å². The Hall–Kier alpha value is -0.900. The fourth-order valence-electron chi connectivity index (χ4n) is 4.12. The minimum Gasteiger partial charge on any atom is -0.394 e. The lowest BCUT2D eigenvalue weighted by molar-refractivity contribution is 0.201. The van der Waals surface area contributed by atoms with Crippen LogP contribution in [0.4, 0.5) is 0 Å². The second kappa shape index (κ2) is 7.39. The molecule has 1 aromatic carbocycles. The molecule has 1 saturated heterocycles. The summed E-state index contributed by atoms with van der Waals surface area (Å²) in [6.45, 7) is 1.35. The predicted octanol–water partition coefficient (Wildman–Crippen LogP) is 2.62. The van der Waals surface area contributed by atoms with E-state index in [0.29, 0.717) is 12.1 Å². The first kappa shape index (κ1) is 15.0. The number of aliphatic hydroxyl groups excluding tert-OH is 1. The molecule has 1 aliphatic carbocycles. The lowest BCUT2D eigenvalue weighted by Gasteiger charge is -2.34. The molecule has 116 valence electrons. The van der Waals surface area contributed by atoms with E-state index in [1.54, 1.807) is 0 Å². The molecule has 0 bridgehead atoms. The third kappa shape index (κ3) is 3.65. The van der Waals surface area contributed by atoms with Crippen LogP contribution < -0.4 is 10.6 Å². The van der Waals surface area contributed by atoms with E-state index in [4.69, 9.17) is 0 Å². The quantitative estimate of drug-likeness (QED) is 0.780. The van der Waals surface area contributed by atoms with Crippen LogP contribution in [0.3, 0.4) is 0 Å². The van der Waals surface area contributed by atoms with Gasteiger partial charge in [-0.25, -0.2) is 0 Å². The van der Waals surface area contributed by atoms with E-state index in [2.05, 4.69) is 34.9 Å². The number of rotatable bonds is 5. The minimum atomic E-state index is 0.0698. The van der Waals surface area contributed by atoms with Crippen LogP contribution in [0.5, 0.6) is 0 Å². The molecular weight excluding hydrogens is 260 g/mol. The Balaban J connectivity index is 1.64. The number of hydrogen-bond donors (Lipinski definition) is 3. The summed E-state index contributed by atoms with van der Waals surface area (Å²) in [7, 11) is 0. The van der Waals surface area contributed by atoms with Crippen LogP contribution in [-0.2, 0) is 0 Å². The molecular formula is C18H28N2O. The second-order valence-electron chi connectivity index (χ2n) is 6.57. The van der Waals surface area contributed by atoms with E-state index < -0.39 is 0 Å². The van der Waals surface area contributed by atoms with Gasteiger partial charge in [0, 0.05) is 12.1 Å². The number of hydrogen-bond acceptors (Lipinski definition) is 3. The summed E-state index contributed by atoms with van der Waals surface area (Å²) < 4.78 is 0. The first-order chi connectivity index (χ1) is 10.4. The summed E-state index contributed by atoms with van der Waals surface area (Å²) in [4.78, 5) is 0. The zero-order valence-electron chi connectivity index (χ0n) is 12.8. The highest BCUT2D eigenvalue weighted by molar-refractivity contribution is 5.19. The smallest absolute Gasteiger partial charge is 0.0626 e. The van der Waals surface area contributed by atoms with Crippen LogP contribution in [0.2, 0.25) is 0 Å². The van der Waals surface area contributed by atoms with Crippen molar-refractivity contribution in [3.63, 3.8) is 0 Å². The summed E-state index contributed by atoms with van der Waals surface area (Å²) in [5, 5.41) is 17.2. The Morgan fingerprint density at radius 3 is 2.67 bits per heavy atom. The highest BCUT2D eigenvalue weighted by Gasteiger charge is 2.35. The van der Waals surface area contributed by atoms with Gasteiger partial charge < -0.3 is 15.7 Å². The molecule has 4 atom stereocenters. The highest BCUT2D eigenvalue weighted by Crippen LogP contribution is 2.33. The summed E-state index contributed by atoms with van der Waals surface area (Å²) >= 11 is 0. The largest absolute Gasteiger partial charge is 0.394 e. The molecule has 3 unspecified atom stereocenters. The van der Waals surface area contributed by atoms with E-state index in [1.807, 2.05) is 6.07 Å². The van der Waals surface area contributed by atoms with Gasteiger partial charge >= 0.3 is 0 Å². The number of piperidine rings is 1. The molecule has 2 aliphatic rings. The number of nitrogens with one attached hydrogen (secondary N) is 2. The maximum atomic E-state index is 9.76. The maximum absolute atomic E-state index is 9.76. The molecule has 1 aliphatic heterocycles. The predicted molar refractivity (Wildman–Crippen MR) is 86.2 cm³/mol. The fourth-order valence-corrected chi connectivity index (χ4v) is 4.12. The lowest BCUT2D eigenvalue weighted by atomic mass is 9.87. The van der Waals surface area contributed by atoms with Crippen molar-refractivity contribution in [2.75, 3.05) is 13.2 Å². The van der Waals surface area contributed by atoms with E-state index >= 15 is 0 Å². The van der Waals surface area contributed by atoms with Crippen LogP contribution in [0.1, 0.15) is 50.1 Å². The van der Waals surface area contributed by atoms with Gasteiger partial charge in [0.15, 0.2) is 0 Å². The zero-order valence-corrected chi connectivity index (χ0v) is 12.8. The molecule has 3 rings (SSSR count). The van der Waals surface area contributed by atoms with Gasteiger partial charge in [-0.15, -0.1) is 0 Å². The molecule has 0 radical (unpaired) electrons. The maximum Gasteiger partial charge on any atom is 0.0626 e. The SMILES string of the molecule is OC[C@H](NC1CCCC1C1CCCCN1)c1ccccc1. The van der Waals surface area contributed by atoms with Gasteiger partial charge in [-0.1, -0.05) is 43.2 Å². The van der Waals surface area contributed by atoms with Gasteiger partial charge in [0.2, 0.25) is 0 Å². The lowest BCUT2D eigenvalue weighted by Crippen LogP contribution is -2.48. The summed E-state index contributed by atoms with van der Waals surface area (Å²) in [6.07, 6.45) is 7.88. The summed E-state index contributed by atoms with van der Waals surface area (Å²) in [5.41, 5.74) is 1.20. The second-order valence-corrected chi connectivity index (χ2v) is 6.57. The number of benzene rings is 1. The zero-order chi connectivity index (χ0) is 14.5. The molecule has 0 spiro atoms. The third-order valence-electron chi connectivity index (χ3n) is 5.23. The Morgan fingerprint density at radius 2 is 1.95 bits per heavy atom. The number of aliphatic hydroxyl groups is 1. The van der Waals surface area contributed by atoms with Crippen molar-refractivity contribution in [3.05, 3.63) is 35.9 Å². The monoisotopic (exact) mass is 288 g/mol. The topological polar surface area (TPSA) is 44.3 Å². The normalized spacial score (nSPS) is 31.2. The Kier molecular flexibility index (Phi) is 5.28. The van der Waals surface area contributed by atoms with Gasteiger partial charge in [-0.05, 0) is 43.7 Å². The molecule has 1 saturated carbocycles. The first-order valence-corrected chi connectivity index (χ1v) is 8.53. The summed E-state index contributed by atoms with van der Waals surface area (Å²) in [6, 6.07) is 11.6.